The molecule has 0 fully saturated rings. The fraction of sp³-hybridized carbons (Fsp3) is 0.417. The van der Waals surface area contributed by atoms with E-state index in [0.717, 1.165) is 24.2 Å². The van der Waals surface area contributed by atoms with Gasteiger partial charge in [0, 0.05) is 19.5 Å². The number of hydrogen-bond donors (Lipinski definition) is 1. The van der Waals surface area contributed by atoms with Gasteiger partial charge in [0.1, 0.15) is 12.1 Å². The van der Waals surface area contributed by atoms with Crippen molar-refractivity contribution in [2.24, 2.45) is 0 Å². The van der Waals surface area contributed by atoms with E-state index in [1.54, 1.807) is 19.4 Å². The van der Waals surface area contributed by atoms with Crippen LogP contribution in [0.15, 0.2) is 21.7 Å². The molecular weight excluding hydrogens is 232 g/mol. The molecule has 1 N–H and O–H groups in total. The summed E-state index contributed by atoms with van der Waals surface area (Å²) in [6.07, 6.45) is 3.98. The zero-order valence-corrected chi connectivity index (χ0v) is 10.1. The number of aryl methyl sites for hydroxylation is 1. The third-order valence-corrected chi connectivity index (χ3v) is 3.11. The van der Waals surface area contributed by atoms with Crippen molar-refractivity contribution < 1.29 is 4.42 Å². The van der Waals surface area contributed by atoms with Gasteiger partial charge in [0.05, 0.1) is 24.0 Å². The summed E-state index contributed by atoms with van der Waals surface area (Å²) >= 11 is 0. The van der Waals surface area contributed by atoms with Crippen LogP contribution in [0.5, 0.6) is 0 Å². The molecule has 0 spiro atoms. The summed E-state index contributed by atoms with van der Waals surface area (Å²) < 4.78 is 5.22. The fourth-order valence-corrected chi connectivity index (χ4v) is 2.26. The van der Waals surface area contributed by atoms with Crippen molar-refractivity contribution in [2.45, 2.75) is 26.4 Å². The maximum atomic E-state index is 11.9. The Hall–Kier alpha value is -1.95. The molecule has 0 unspecified atom stereocenters. The molecule has 0 amide bonds. The van der Waals surface area contributed by atoms with Gasteiger partial charge >= 0.3 is 0 Å². The Morgan fingerprint density at radius 2 is 2.44 bits per heavy atom. The fourth-order valence-electron chi connectivity index (χ4n) is 2.26. The third kappa shape index (κ3) is 2.06. The lowest BCUT2D eigenvalue weighted by molar-refractivity contribution is 0.218. The zero-order chi connectivity index (χ0) is 12.5. The minimum atomic E-state index is -0.0328. The first-order valence-electron chi connectivity index (χ1n) is 5.92. The van der Waals surface area contributed by atoms with Crippen LogP contribution in [0.2, 0.25) is 0 Å². The highest BCUT2D eigenvalue weighted by Crippen LogP contribution is 2.15. The van der Waals surface area contributed by atoms with Crippen molar-refractivity contribution in [3.05, 3.63) is 45.8 Å². The van der Waals surface area contributed by atoms with E-state index >= 15 is 0 Å². The molecule has 3 heterocycles. The van der Waals surface area contributed by atoms with Crippen molar-refractivity contribution in [2.75, 3.05) is 6.54 Å². The summed E-state index contributed by atoms with van der Waals surface area (Å²) in [6, 6.07) is 0. The molecule has 3 rings (SSSR count). The predicted octanol–water partition coefficient (Wildman–Crippen LogP) is 0.625. The van der Waals surface area contributed by atoms with E-state index in [2.05, 4.69) is 19.9 Å². The number of aromatic amines is 1. The van der Waals surface area contributed by atoms with Crippen molar-refractivity contribution in [1.29, 1.82) is 0 Å². The van der Waals surface area contributed by atoms with E-state index in [9.17, 15) is 4.79 Å². The third-order valence-electron chi connectivity index (χ3n) is 3.11. The molecule has 0 saturated heterocycles. The highest BCUT2D eigenvalue weighted by molar-refractivity contribution is 5.20. The quantitative estimate of drug-likeness (QED) is 0.841. The van der Waals surface area contributed by atoms with E-state index in [0.29, 0.717) is 24.8 Å². The molecule has 0 aliphatic carbocycles. The average molecular weight is 246 g/mol. The Balaban J connectivity index is 1.83. The molecular formula is C12H14N4O2. The first kappa shape index (κ1) is 11.2. The number of hydrogen-bond acceptors (Lipinski definition) is 5. The van der Waals surface area contributed by atoms with Gasteiger partial charge in [-0.05, 0) is 6.92 Å². The lowest BCUT2D eigenvalue weighted by Crippen LogP contribution is -2.35. The summed E-state index contributed by atoms with van der Waals surface area (Å²) in [5.74, 6) is 1.36. The molecule has 94 valence electrons. The van der Waals surface area contributed by atoms with Crippen LogP contribution >= 0.6 is 0 Å². The van der Waals surface area contributed by atoms with Crippen molar-refractivity contribution >= 4 is 0 Å². The molecule has 0 aromatic carbocycles. The minimum absolute atomic E-state index is 0.0328. The van der Waals surface area contributed by atoms with Crippen molar-refractivity contribution in [1.82, 2.24) is 19.9 Å². The van der Waals surface area contributed by atoms with Crippen LogP contribution in [0.1, 0.15) is 23.0 Å². The highest BCUT2D eigenvalue weighted by atomic mass is 16.3. The zero-order valence-electron chi connectivity index (χ0n) is 10.1. The molecule has 0 radical (unpaired) electrons. The Kier molecular flexibility index (Phi) is 2.71. The number of nitrogens with zero attached hydrogens (tertiary/aromatic N) is 3. The Labute approximate surface area is 104 Å². The van der Waals surface area contributed by atoms with E-state index in [-0.39, 0.29) is 5.56 Å². The van der Waals surface area contributed by atoms with Gasteiger partial charge in [0.15, 0.2) is 0 Å². The normalized spacial score (nSPS) is 15.6. The lowest BCUT2D eigenvalue weighted by atomic mass is 10.1. The molecule has 1 aliphatic heterocycles. The van der Waals surface area contributed by atoms with Gasteiger partial charge in [-0.2, -0.15) is 0 Å². The molecule has 18 heavy (non-hydrogen) atoms. The number of aromatic nitrogens is 3. The Morgan fingerprint density at radius 1 is 1.56 bits per heavy atom. The predicted molar refractivity (Wildman–Crippen MR) is 63.9 cm³/mol. The smallest absolute Gasteiger partial charge is 0.255 e. The van der Waals surface area contributed by atoms with Gasteiger partial charge in [0.2, 0.25) is 5.89 Å². The van der Waals surface area contributed by atoms with Gasteiger partial charge in [-0.25, -0.2) is 9.97 Å². The number of fused-ring (bicyclic) bond motifs is 1. The summed E-state index contributed by atoms with van der Waals surface area (Å²) in [7, 11) is 0. The summed E-state index contributed by atoms with van der Waals surface area (Å²) in [5.41, 5.74) is 1.65. The van der Waals surface area contributed by atoms with E-state index in [1.165, 1.54) is 0 Å². The van der Waals surface area contributed by atoms with Crippen molar-refractivity contribution in [3.63, 3.8) is 0 Å². The topological polar surface area (TPSA) is 75.0 Å². The maximum Gasteiger partial charge on any atom is 0.255 e. The highest BCUT2D eigenvalue weighted by Gasteiger charge is 2.21. The van der Waals surface area contributed by atoms with Gasteiger partial charge in [-0.1, -0.05) is 0 Å². The number of rotatable bonds is 2. The van der Waals surface area contributed by atoms with Crippen LogP contribution in [0.4, 0.5) is 0 Å². The van der Waals surface area contributed by atoms with Gasteiger partial charge < -0.3 is 9.40 Å². The molecule has 0 saturated carbocycles. The van der Waals surface area contributed by atoms with Crippen molar-refractivity contribution in [3.8, 4) is 0 Å². The lowest BCUT2D eigenvalue weighted by Gasteiger charge is -2.26. The summed E-state index contributed by atoms with van der Waals surface area (Å²) in [5, 5.41) is 0. The molecule has 1 aliphatic rings. The van der Waals surface area contributed by atoms with E-state index < -0.39 is 0 Å². The average Bonchev–Trinajstić information content (AvgIpc) is 2.83. The first-order valence-corrected chi connectivity index (χ1v) is 5.92. The molecule has 2 aromatic heterocycles. The van der Waals surface area contributed by atoms with Gasteiger partial charge in [-0.3, -0.25) is 9.69 Å². The molecule has 6 heteroatoms. The Bertz CT molecular complexity index is 603. The minimum Gasteiger partial charge on any atom is -0.448 e. The Morgan fingerprint density at radius 3 is 3.22 bits per heavy atom. The number of nitrogens with one attached hydrogen (secondary N) is 1. The van der Waals surface area contributed by atoms with Crippen LogP contribution < -0.4 is 5.56 Å². The van der Waals surface area contributed by atoms with Crippen LogP contribution in [0, 0.1) is 6.92 Å². The summed E-state index contributed by atoms with van der Waals surface area (Å²) in [6.45, 7) is 3.90. The van der Waals surface area contributed by atoms with E-state index in [1.807, 2.05) is 0 Å². The van der Waals surface area contributed by atoms with Crippen LogP contribution in [0.3, 0.4) is 0 Å². The van der Waals surface area contributed by atoms with Gasteiger partial charge in [0.25, 0.3) is 5.56 Å². The second-order valence-electron chi connectivity index (χ2n) is 4.46. The second-order valence-corrected chi connectivity index (χ2v) is 4.46. The molecule has 0 bridgehead atoms. The number of H-pyrrole nitrogens is 1. The van der Waals surface area contributed by atoms with Gasteiger partial charge in [-0.15, -0.1) is 0 Å². The van der Waals surface area contributed by atoms with Crippen LogP contribution in [-0.2, 0) is 19.5 Å². The second kappa shape index (κ2) is 4.38. The SMILES string of the molecule is Cc1nc2c(c(=O)[nH]1)CN(Cc1ncco1)CC2. The standard InChI is InChI=1S/C12H14N4O2/c1-8-14-10-2-4-16(6-9(10)12(17)15-8)7-11-13-3-5-18-11/h3,5H,2,4,6-7H2,1H3,(H,14,15,17). The first-order chi connectivity index (χ1) is 8.72. The summed E-state index contributed by atoms with van der Waals surface area (Å²) in [4.78, 5) is 25.2. The molecule has 0 atom stereocenters. The monoisotopic (exact) mass is 246 g/mol. The largest absolute Gasteiger partial charge is 0.448 e. The van der Waals surface area contributed by atoms with Crippen LogP contribution in [0.25, 0.3) is 0 Å². The van der Waals surface area contributed by atoms with E-state index in [4.69, 9.17) is 4.42 Å². The number of oxazole rings is 1. The van der Waals surface area contributed by atoms with Crippen LogP contribution in [-0.4, -0.2) is 26.4 Å². The maximum absolute atomic E-state index is 11.9. The molecule has 2 aromatic rings. The molecule has 6 nitrogen and oxygen atoms in total.